The molecule has 0 saturated carbocycles. The average Bonchev–Trinajstić information content (AvgIpc) is 2.99. The minimum atomic E-state index is -0.450. The molecular weight excluding hydrogens is 338 g/mol. The van der Waals surface area contributed by atoms with Crippen LogP contribution in [0.4, 0.5) is 0 Å². The molecule has 5 heteroatoms. The zero-order chi connectivity index (χ0) is 19.2. The summed E-state index contributed by atoms with van der Waals surface area (Å²) in [6.07, 6.45) is 1.05. The van der Waals surface area contributed by atoms with E-state index in [4.69, 9.17) is 4.98 Å². The maximum absolute atomic E-state index is 11.9. The number of imidazole rings is 1. The van der Waals surface area contributed by atoms with E-state index in [0.717, 1.165) is 23.4 Å². The highest BCUT2D eigenvalue weighted by atomic mass is 16.3. The van der Waals surface area contributed by atoms with Crippen molar-refractivity contribution in [2.24, 2.45) is 0 Å². The maximum Gasteiger partial charge on any atom is 0.220 e. The first kappa shape index (κ1) is 19.1. The number of para-hydroxylation sites is 2. The second-order valence-electron chi connectivity index (χ2n) is 7.02. The molecule has 0 spiro atoms. The highest BCUT2D eigenvalue weighted by molar-refractivity contribution is 5.77. The van der Waals surface area contributed by atoms with Crippen molar-refractivity contribution in [3.8, 4) is 0 Å². The molecule has 3 rings (SSSR count). The lowest BCUT2D eigenvalue weighted by Gasteiger charge is -2.12. The van der Waals surface area contributed by atoms with E-state index < -0.39 is 6.10 Å². The number of aliphatic hydroxyl groups is 1. The standard InChI is InChI=1S/C22H27N3O2/c1-16-7-3-4-8-18(16)15-25-20-10-6-5-9-19(20)24-21(25)13-14-23-22(27)12-11-17(2)26/h3-10,17,26H,11-15H2,1-2H3,(H,23,27)/t17-/m0/s1. The Balaban J connectivity index is 1.75. The lowest BCUT2D eigenvalue weighted by Crippen LogP contribution is -2.27. The van der Waals surface area contributed by atoms with Crippen molar-refractivity contribution in [1.29, 1.82) is 0 Å². The van der Waals surface area contributed by atoms with Gasteiger partial charge in [-0.2, -0.15) is 0 Å². The lowest BCUT2D eigenvalue weighted by atomic mass is 10.1. The predicted molar refractivity (Wildman–Crippen MR) is 108 cm³/mol. The number of aromatic nitrogens is 2. The number of benzene rings is 2. The van der Waals surface area contributed by atoms with Crippen molar-refractivity contribution in [2.45, 2.75) is 45.8 Å². The Morgan fingerprint density at radius 1 is 1.19 bits per heavy atom. The molecule has 0 fully saturated rings. The highest BCUT2D eigenvalue weighted by Gasteiger charge is 2.12. The second-order valence-corrected chi connectivity index (χ2v) is 7.02. The molecular formula is C22H27N3O2. The van der Waals surface area contributed by atoms with Crippen molar-refractivity contribution in [2.75, 3.05) is 6.54 Å². The van der Waals surface area contributed by atoms with Gasteiger partial charge in [0.15, 0.2) is 0 Å². The third-order valence-corrected chi connectivity index (χ3v) is 4.78. The van der Waals surface area contributed by atoms with Crippen molar-refractivity contribution in [3.05, 3.63) is 65.5 Å². The Morgan fingerprint density at radius 3 is 2.70 bits per heavy atom. The molecule has 2 aromatic carbocycles. The molecule has 0 aliphatic rings. The van der Waals surface area contributed by atoms with Crippen molar-refractivity contribution >= 4 is 16.9 Å². The number of amides is 1. The van der Waals surface area contributed by atoms with Gasteiger partial charge in [0.1, 0.15) is 5.82 Å². The minimum absolute atomic E-state index is 0.0301. The quantitative estimate of drug-likeness (QED) is 0.644. The highest BCUT2D eigenvalue weighted by Crippen LogP contribution is 2.19. The Hall–Kier alpha value is -2.66. The van der Waals surface area contributed by atoms with E-state index in [1.807, 2.05) is 18.2 Å². The van der Waals surface area contributed by atoms with Gasteiger partial charge in [0.05, 0.1) is 17.1 Å². The van der Waals surface area contributed by atoms with Crippen molar-refractivity contribution < 1.29 is 9.90 Å². The molecule has 1 atom stereocenters. The normalized spacial score (nSPS) is 12.3. The second kappa shape index (κ2) is 8.82. The first-order valence-electron chi connectivity index (χ1n) is 9.48. The number of aliphatic hydroxyl groups excluding tert-OH is 1. The van der Waals surface area contributed by atoms with Crippen LogP contribution >= 0.6 is 0 Å². The average molecular weight is 365 g/mol. The molecule has 1 amide bonds. The fourth-order valence-corrected chi connectivity index (χ4v) is 3.19. The van der Waals surface area contributed by atoms with Crippen LogP contribution in [0, 0.1) is 6.92 Å². The van der Waals surface area contributed by atoms with Crippen LogP contribution in [0.5, 0.6) is 0 Å². The molecule has 0 aliphatic carbocycles. The van der Waals surface area contributed by atoms with E-state index in [1.54, 1.807) is 6.92 Å². The third kappa shape index (κ3) is 4.95. The van der Waals surface area contributed by atoms with Gasteiger partial charge in [0.25, 0.3) is 0 Å². The zero-order valence-electron chi connectivity index (χ0n) is 16.0. The Kier molecular flexibility index (Phi) is 6.24. The molecule has 27 heavy (non-hydrogen) atoms. The molecule has 142 valence electrons. The third-order valence-electron chi connectivity index (χ3n) is 4.78. The fraction of sp³-hybridized carbons (Fsp3) is 0.364. The van der Waals surface area contributed by atoms with Gasteiger partial charge in [-0.25, -0.2) is 4.98 Å². The van der Waals surface area contributed by atoms with E-state index >= 15 is 0 Å². The van der Waals surface area contributed by atoms with Gasteiger partial charge in [0, 0.05) is 25.9 Å². The summed E-state index contributed by atoms with van der Waals surface area (Å²) in [5.74, 6) is 0.938. The summed E-state index contributed by atoms with van der Waals surface area (Å²) in [4.78, 5) is 16.7. The molecule has 1 heterocycles. The number of carbonyl (C=O) groups is 1. The molecule has 3 aromatic rings. The van der Waals surface area contributed by atoms with Crippen LogP contribution in [0.3, 0.4) is 0 Å². The summed E-state index contributed by atoms with van der Waals surface area (Å²) >= 11 is 0. The number of nitrogens with one attached hydrogen (secondary N) is 1. The lowest BCUT2D eigenvalue weighted by molar-refractivity contribution is -0.121. The van der Waals surface area contributed by atoms with E-state index in [-0.39, 0.29) is 5.91 Å². The Bertz CT molecular complexity index is 915. The first-order chi connectivity index (χ1) is 13.0. The summed E-state index contributed by atoms with van der Waals surface area (Å²) < 4.78 is 2.24. The van der Waals surface area contributed by atoms with Crippen LogP contribution in [-0.2, 0) is 17.8 Å². The molecule has 2 N–H and O–H groups in total. The van der Waals surface area contributed by atoms with Gasteiger partial charge in [-0.1, -0.05) is 36.4 Å². The van der Waals surface area contributed by atoms with Crippen LogP contribution in [0.2, 0.25) is 0 Å². The largest absolute Gasteiger partial charge is 0.393 e. The number of rotatable bonds is 8. The molecule has 1 aromatic heterocycles. The van der Waals surface area contributed by atoms with Crippen LogP contribution in [0.1, 0.15) is 36.7 Å². The molecule has 5 nitrogen and oxygen atoms in total. The van der Waals surface area contributed by atoms with E-state index in [9.17, 15) is 9.90 Å². The number of hydrogen-bond donors (Lipinski definition) is 2. The number of hydrogen-bond acceptors (Lipinski definition) is 3. The topological polar surface area (TPSA) is 67.2 Å². The zero-order valence-corrected chi connectivity index (χ0v) is 16.0. The van der Waals surface area contributed by atoms with E-state index in [1.165, 1.54) is 11.1 Å². The summed E-state index contributed by atoms with van der Waals surface area (Å²) in [5, 5.41) is 12.2. The monoisotopic (exact) mass is 365 g/mol. The smallest absolute Gasteiger partial charge is 0.220 e. The summed E-state index contributed by atoms with van der Waals surface area (Å²) in [6.45, 7) is 5.12. The summed E-state index contributed by atoms with van der Waals surface area (Å²) in [7, 11) is 0. The Morgan fingerprint density at radius 2 is 1.93 bits per heavy atom. The SMILES string of the molecule is Cc1ccccc1Cn1c(CCNC(=O)CC[C@H](C)O)nc2ccccc21. The minimum Gasteiger partial charge on any atom is -0.393 e. The summed E-state index contributed by atoms with van der Waals surface area (Å²) in [6, 6.07) is 16.5. The molecule has 0 radical (unpaired) electrons. The van der Waals surface area contributed by atoms with Crippen LogP contribution in [0.25, 0.3) is 11.0 Å². The van der Waals surface area contributed by atoms with Gasteiger partial charge < -0.3 is 15.0 Å². The maximum atomic E-state index is 11.9. The van der Waals surface area contributed by atoms with E-state index in [0.29, 0.717) is 25.8 Å². The van der Waals surface area contributed by atoms with Gasteiger partial charge >= 0.3 is 0 Å². The van der Waals surface area contributed by atoms with Gasteiger partial charge in [-0.05, 0) is 43.5 Å². The molecule has 0 saturated heterocycles. The number of fused-ring (bicyclic) bond motifs is 1. The van der Waals surface area contributed by atoms with Crippen molar-refractivity contribution in [3.63, 3.8) is 0 Å². The number of carbonyl (C=O) groups excluding carboxylic acids is 1. The number of aryl methyl sites for hydroxylation is 1. The molecule has 0 bridgehead atoms. The van der Waals surface area contributed by atoms with Gasteiger partial charge in [0.2, 0.25) is 5.91 Å². The molecule has 0 aliphatic heterocycles. The van der Waals surface area contributed by atoms with E-state index in [2.05, 4.69) is 47.1 Å². The Labute approximate surface area is 160 Å². The van der Waals surface area contributed by atoms with Crippen molar-refractivity contribution in [1.82, 2.24) is 14.9 Å². The van der Waals surface area contributed by atoms with Gasteiger partial charge in [-0.15, -0.1) is 0 Å². The van der Waals surface area contributed by atoms with Crippen LogP contribution < -0.4 is 5.32 Å². The fourth-order valence-electron chi connectivity index (χ4n) is 3.19. The predicted octanol–water partition coefficient (Wildman–Crippen LogP) is 3.21. The number of nitrogens with zero attached hydrogens (tertiary/aromatic N) is 2. The summed E-state index contributed by atoms with van der Waals surface area (Å²) in [5.41, 5.74) is 4.60. The van der Waals surface area contributed by atoms with Gasteiger partial charge in [-0.3, -0.25) is 4.79 Å². The molecule has 0 unspecified atom stereocenters. The van der Waals surface area contributed by atoms with Crippen LogP contribution in [0.15, 0.2) is 48.5 Å². The first-order valence-corrected chi connectivity index (χ1v) is 9.48. The van der Waals surface area contributed by atoms with Crippen LogP contribution in [-0.4, -0.2) is 33.2 Å².